The highest BCUT2D eigenvalue weighted by atomic mass is 16.5. The Balaban J connectivity index is 1.80. The highest BCUT2D eigenvalue weighted by Crippen LogP contribution is 2.32. The van der Waals surface area contributed by atoms with Crippen molar-refractivity contribution in [3.63, 3.8) is 0 Å². The van der Waals surface area contributed by atoms with E-state index in [-0.39, 0.29) is 17.9 Å². The Kier molecular flexibility index (Phi) is 4.59. The predicted molar refractivity (Wildman–Crippen MR) is 87.4 cm³/mol. The number of carbonyl (C=O) groups is 2. The summed E-state index contributed by atoms with van der Waals surface area (Å²) in [6.45, 7) is 4.19. The van der Waals surface area contributed by atoms with E-state index < -0.39 is 0 Å². The summed E-state index contributed by atoms with van der Waals surface area (Å²) in [5.74, 6) is 0.864. The number of aromatic nitrogens is 2. The molecule has 1 aromatic carbocycles. The predicted octanol–water partition coefficient (Wildman–Crippen LogP) is 2.70. The third kappa shape index (κ3) is 3.29. The molecule has 0 aliphatic carbocycles. The van der Waals surface area contributed by atoms with E-state index in [9.17, 15) is 9.59 Å². The molecule has 2 heterocycles. The Labute approximate surface area is 140 Å². The van der Waals surface area contributed by atoms with Crippen LogP contribution >= 0.6 is 0 Å². The number of carbonyl (C=O) groups excluding carboxylic acids is 2. The lowest BCUT2D eigenvalue weighted by molar-refractivity contribution is -0.115. The second-order valence-corrected chi connectivity index (χ2v) is 5.82. The molecule has 1 saturated heterocycles. The maximum Gasteiger partial charge on any atom is 0.254 e. The average molecular weight is 328 g/mol. The van der Waals surface area contributed by atoms with Crippen molar-refractivity contribution in [2.75, 3.05) is 11.9 Å². The molecule has 126 valence electrons. The minimum absolute atomic E-state index is 0.0833. The number of likely N-dealkylation sites (tertiary alicyclic amines) is 1. The van der Waals surface area contributed by atoms with Gasteiger partial charge >= 0.3 is 0 Å². The average Bonchev–Trinajstić information content (AvgIpc) is 3.22. The van der Waals surface area contributed by atoms with E-state index >= 15 is 0 Å². The summed E-state index contributed by atoms with van der Waals surface area (Å²) in [7, 11) is 0. The summed E-state index contributed by atoms with van der Waals surface area (Å²) < 4.78 is 5.24. The van der Waals surface area contributed by atoms with Crippen LogP contribution in [-0.2, 0) is 4.79 Å². The number of hydrogen-bond acceptors (Lipinski definition) is 5. The normalized spacial score (nSPS) is 17.1. The van der Waals surface area contributed by atoms with E-state index in [1.54, 1.807) is 43.0 Å². The first-order valence-corrected chi connectivity index (χ1v) is 8.09. The lowest BCUT2D eigenvalue weighted by atomic mass is 10.1. The van der Waals surface area contributed by atoms with Gasteiger partial charge in [0.25, 0.3) is 5.91 Å². The van der Waals surface area contributed by atoms with E-state index in [2.05, 4.69) is 15.5 Å². The highest BCUT2D eigenvalue weighted by molar-refractivity contribution is 5.97. The monoisotopic (exact) mass is 328 g/mol. The fourth-order valence-electron chi connectivity index (χ4n) is 2.86. The number of rotatable bonds is 4. The first kappa shape index (κ1) is 16.2. The van der Waals surface area contributed by atoms with Gasteiger partial charge in [0, 0.05) is 24.2 Å². The maximum atomic E-state index is 12.9. The number of hydrogen-bond donors (Lipinski definition) is 1. The van der Waals surface area contributed by atoms with Crippen molar-refractivity contribution >= 4 is 17.5 Å². The molecule has 7 heteroatoms. The minimum Gasteiger partial charge on any atom is -0.337 e. The van der Waals surface area contributed by atoms with E-state index in [0.29, 0.717) is 35.9 Å². The van der Waals surface area contributed by atoms with E-state index in [1.165, 1.54) is 0 Å². The van der Waals surface area contributed by atoms with Crippen molar-refractivity contribution in [1.82, 2.24) is 15.0 Å². The number of nitrogens with one attached hydrogen (secondary N) is 1. The molecule has 2 amide bonds. The molecule has 0 unspecified atom stereocenters. The van der Waals surface area contributed by atoms with Gasteiger partial charge in [-0.15, -0.1) is 0 Å². The number of nitrogens with zero attached hydrogens (tertiary/aromatic N) is 3. The topological polar surface area (TPSA) is 88.3 Å². The van der Waals surface area contributed by atoms with Gasteiger partial charge in [0.2, 0.25) is 11.8 Å². The van der Waals surface area contributed by atoms with Gasteiger partial charge in [0.1, 0.15) is 6.04 Å². The van der Waals surface area contributed by atoms with Crippen LogP contribution in [0.25, 0.3) is 0 Å². The molecule has 7 nitrogen and oxygen atoms in total. The molecule has 1 aliphatic rings. The van der Waals surface area contributed by atoms with Crippen LogP contribution in [0.4, 0.5) is 5.69 Å². The SMILES string of the molecule is CCC(=O)Nc1cccc(C(=O)N2CCC[C@H]2c2nc(C)no2)c1. The van der Waals surface area contributed by atoms with Crippen molar-refractivity contribution in [2.24, 2.45) is 0 Å². The Morgan fingerprint density at radius 2 is 2.25 bits per heavy atom. The minimum atomic E-state index is -0.187. The Morgan fingerprint density at radius 3 is 2.96 bits per heavy atom. The second-order valence-electron chi connectivity index (χ2n) is 5.82. The molecule has 1 fully saturated rings. The zero-order chi connectivity index (χ0) is 17.1. The van der Waals surface area contributed by atoms with E-state index in [0.717, 1.165) is 12.8 Å². The number of amides is 2. The molecular formula is C17H20N4O3. The lowest BCUT2D eigenvalue weighted by Crippen LogP contribution is -2.30. The number of aryl methyl sites for hydroxylation is 1. The Bertz CT molecular complexity index is 756. The van der Waals surface area contributed by atoms with Crippen molar-refractivity contribution in [3.8, 4) is 0 Å². The van der Waals surface area contributed by atoms with Crippen LogP contribution in [0.2, 0.25) is 0 Å². The first-order chi connectivity index (χ1) is 11.6. The van der Waals surface area contributed by atoms with Gasteiger partial charge in [-0.05, 0) is 38.0 Å². The molecule has 0 spiro atoms. The molecule has 0 radical (unpaired) electrons. The van der Waals surface area contributed by atoms with Crippen molar-refractivity contribution in [1.29, 1.82) is 0 Å². The highest BCUT2D eigenvalue weighted by Gasteiger charge is 2.34. The lowest BCUT2D eigenvalue weighted by Gasteiger charge is -2.22. The van der Waals surface area contributed by atoms with Crippen molar-refractivity contribution in [2.45, 2.75) is 39.2 Å². The third-order valence-electron chi connectivity index (χ3n) is 4.06. The van der Waals surface area contributed by atoms with Crippen LogP contribution in [0.15, 0.2) is 28.8 Å². The summed E-state index contributed by atoms with van der Waals surface area (Å²) >= 11 is 0. The molecule has 2 aromatic rings. The van der Waals surface area contributed by atoms with E-state index in [1.807, 2.05) is 0 Å². The van der Waals surface area contributed by atoms with Gasteiger partial charge in [-0.1, -0.05) is 18.1 Å². The van der Waals surface area contributed by atoms with Gasteiger partial charge in [-0.25, -0.2) is 0 Å². The smallest absolute Gasteiger partial charge is 0.254 e. The molecule has 0 bridgehead atoms. The molecule has 3 rings (SSSR count). The summed E-state index contributed by atoms with van der Waals surface area (Å²) in [4.78, 5) is 30.4. The summed E-state index contributed by atoms with van der Waals surface area (Å²) in [6.07, 6.45) is 2.09. The van der Waals surface area contributed by atoms with Crippen molar-refractivity contribution in [3.05, 3.63) is 41.5 Å². The van der Waals surface area contributed by atoms with Crippen LogP contribution in [-0.4, -0.2) is 33.4 Å². The van der Waals surface area contributed by atoms with Gasteiger partial charge < -0.3 is 14.7 Å². The van der Waals surface area contributed by atoms with Crippen LogP contribution in [0.3, 0.4) is 0 Å². The fraction of sp³-hybridized carbons (Fsp3) is 0.412. The molecule has 1 N–H and O–H groups in total. The van der Waals surface area contributed by atoms with Gasteiger partial charge in [-0.3, -0.25) is 9.59 Å². The molecule has 1 aliphatic heterocycles. The zero-order valence-corrected chi connectivity index (χ0v) is 13.8. The Morgan fingerprint density at radius 1 is 1.42 bits per heavy atom. The standard InChI is InChI=1S/C17H20N4O3/c1-3-15(22)19-13-7-4-6-12(10-13)17(23)21-9-5-8-14(21)16-18-11(2)20-24-16/h4,6-7,10,14H,3,5,8-9H2,1-2H3,(H,19,22)/t14-/m0/s1. The van der Waals surface area contributed by atoms with E-state index in [4.69, 9.17) is 4.52 Å². The molecule has 1 atom stereocenters. The van der Waals surface area contributed by atoms with Crippen LogP contribution < -0.4 is 5.32 Å². The zero-order valence-electron chi connectivity index (χ0n) is 13.8. The van der Waals surface area contributed by atoms with Crippen molar-refractivity contribution < 1.29 is 14.1 Å². The summed E-state index contributed by atoms with van der Waals surface area (Å²) in [6, 6.07) is 6.80. The van der Waals surface area contributed by atoms with Gasteiger partial charge in [-0.2, -0.15) is 4.98 Å². The second kappa shape index (κ2) is 6.82. The largest absolute Gasteiger partial charge is 0.337 e. The quantitative estimate of drug-likeness (QED) is 0.932. The molecule has 1 aromatic heterocycles. The van der Waals surface area contributed by atoms with Crippen LogP contribution in [0.1, 0.15) is 54.3 Å². The molecule has 24 heavy (non-hydrogen) atoms. The van der Waals surface area contributed by atoms with Gasteiger partial charge in [0.05, 0.1) is 0 Å². The number of anilines is 1. The molecular weight excluding hydrogens is 308 g/mol. The van der Waals surface area contributed by atoms with Crippen LogP contribution in [0.5, 0.6) is 0 Å². The Hall–Kier alpha value is -2.70. The summed E-state index contributed by atoms with van der Waals surface area (Å²) in [5.41, 5.74) is 1.16. The first-order valence-electron chi connectivity index (χ1n) is 8.09. The molecule has 0 saturated carbocycles. The third-order valence-corrected chi connectivity index (χ3v) is 4.06. The fourth-order valence-corrected chi connectivity index (χ4v) is 2.86. The number of benzene rings is 1. The maximum absolute atomic E-state index is 12.9. The summed E-state index contributed by atoms with van der Waals surface area (Å²) in [5, 5.41) is 6.59. The van der Waals surface area contributed by atoms with Gasteiger partial charge in [0.15, 0.2) is 5.82 Å². The van der Waals surface area contributed by atoms with Crippen LogP contribution in [0, 0.1) is 6.92 Å².